The number of pyridine rings is 1. The lowest BCUT2D eigenvalue weighted by atomic mass is 10.1. The highest BCUT2D eigenvalue weighted by atomic mass is 35.5. The first kappa shape index (κ1) is 22.8. The van der Waals surface area contributed by atoms with Crippen LogP contribution in [-0.4, -0.2) is 66.9 Å². The fourth-order valence-corrected chi connectivity index (χ4v) is 4.77. The Balaban J connectivity index is 1.47. The van der Waals surface area contributed by atoms with E-state index in [-0.39, 0.29) is 11.9 Å². The van der Waals surface area contributed by atoms with Crippen LogP contribution in [0.3, 0.4) is 0 Å². The Morgan fingerprint density at radius 1 is 1.03 bits per heavy atom. The van der Waals surface area contributed by atoms with E-state index >= 15 is 0 Å². The number of nitrogens with zero attached hydrogens (tertiary/aromatic N) is 6. The Bertz CT molecular complexity index is 1170. The molecule has 0 radical (unpaired) electrons. The molecule has 2 aliphatic heterocycles. The molecule has 9 heteroatoms. The normalized spacial score (nSPS) is 18.9. The minimum atomic E-state index is -0.218. The number of morpholine rings is 1. The van der Waals surface area contributed by atoms with Gasteiger partial charge in [-0.3, -0.25) is 0 Å². The maximum atomic E-state index is 13.9. The topological polar surface area (TPSA) is 57.6 Å². The summed E-state index contributed by atoms with van der Waals surface area (Å²) in [5, 5.41) is 0.661. The molecule has 0 spiro atoms. The van der Waals surface area contributed by atoms with E-state index in [1.54, 1.807) is 19.2 Å². The zero-order valence-corrected chi connectivity index (χ0v) is 20.2. The SMILES string of the molecule is Cc1cc(-c2cc(N3CCN(c4ncccc4Cl)C[C@H]3C)nc(N3CCOCC3)n2)ccc1F. The van der Waals surface area contributed by atoms with Gasteiger partial charge < -0.3 is 19.4 Å². The van der Waals surface area contributed by atoms with Crippen LogP contribution in [0.4, 0.5) is 22.0 Å². The highest BCUT2D eigenvalue weighted by molar-refractivity contribution is 6.32. The summed E-state index contributed by atoms with van der Waals surface area (Å²) >= 11 is 6.40. The number of rotatable bonds is 4. The summed E-state index contributed by atoms with van der Waals surface area (Å²) in [4.78, 5) is 21.0. The van der Waals surface area contributed by atoms with Gasteiger partial charge in [-0.1, -0.05) is 11.6 Å². The van der Waals surface area contributed by atoms with E-state index in [0.717, 1.165) is 55.6 Å². The van der Waals surface area contributed by atoms with E-state index in [1.165, 1.54) is 6.07 Å². The van der Waals surface area contributed by atoms with E-state index in [9.17, 15) is 4.39 Å². The molecule has 2 fully saturated rings. The van der Waals surface area contributed by atoms with Gasteiger partial charge >= 0.3 is 0 Å². The van der Waals surface area contributed by atoms with Crippen LogP contribution in [0.5, 0.6) is 0 Å². The van der Waals surface area contributed by atoms with E-state index < -0.39 is 0 Å². The minimum absolute atomic E-state index is 0.182. The Kier molecular flexibility index (Phi) is 6.52. The van der Waals surface area contributed by atoms with Crippen molar-refractivity contribution < 1.29 is 9.13 Å². The number of aryl methyl sites for hydroxylation is 1. The molecule has 2 aliphatic rings. The molecule has 2 saturated heterocycles. The van der Waals surface area contributed by atoms with Crippen molar-refractivity contribution in [1.82, 2.24) is 15.0 Å². The third-order valence-corrected chi connectivity index (χ3v) is 6.70. The standard InChI is InChI=1S/C25H28ClFN6O/c1-17-14-19(5-6-21(17)27)22-15-23(30-25(29-22)31-10-12-34-13-11-31)33-9-8-32(16-18(33)2)24-20(26)4-3-7-28-24/h3-7,14-15,18H,8-13,16H2,1-2H3/t18-/m1/s1. The van der Waals surface area contributed by atoms with Crippen LogP contribution >= 0.6 is 11.6 Å². The monoisotopic (exact) mass is 482 g/mol. The van der Waals surface area contributed by atoms with Crippen molar-refractivity contribution in [3.05, 3.63) is 59.0 Å². The van der Waals surface area contributed by atoms with Gasteiger partial charge in [0.15, 0.2) is 0 Å². The van der Waals surface area contributed by atoms with Crippen molar-refractivity contribution in [1.29, 1.82) is 0 Å². The fourth-order valence-electron chi connectivity index (χ4n) is 4.53. The molecule has 1 aromatic carbocycles. The average Bonchev–Trinajstić information content (AvgIpc) is 2.86. The first-order valence-electron chi connectivity index (χ1n) is 11.6. The number of anilines is 3. The Morgan fingerprint density at radius 2 is 1.85 bits per heavy atom. The Morgan fingerprint density at radius 3 is 2.59 bits per heavy atom. The predicted octanol–water partition coefficient (Wildman–Crippen LogP) is 4.19. The van der Waals surface area contributed by atoms with Crippen molar-refractivity contribution in [3.63, 3.8) is 0 Å². The van der Waals surface area contributed by atoms with Crippen molar-refractivity contribution in [2.45, 2.75) is 19.9 Å². The smallest absolute Gasteiger partial charge is 0.228 e. The van der Waals surface area contributed by atoms with E-state index in [4.69, 9.17) is 26.3 Å². The first-order valence-corrected chi connectivity index (χ1v) is 12.0. The zero-order chi connectivity index (χ0) is 23.7. The minimum Gasteiger partial charge on any atom is -0.378 e. The molecule has 5 rings (SSSR count). The van der Waals surface area contributed by atoms with E-state index in [0.29, 0.717) is 29.7 Å². The van der Waals surface area contributed by atoms with Gasteiger partial charge in [-0.05, 0) is 49.7 Å². The van der Waals surface area contributed by atoms with Crippen LogP contribution in [0, 0.1) is 12.7 Å². The molecule has 178 valence electrons. The summed E-state index contributed by atoms with van der Waals surface area (Å²) in [6.45, 7) is 9.07. The maximum Gasteiger partial charge on any atom is 0.228 e. The predicted molar refractivity (Wildman–Crippen MR) is 133 cm³/mol. The van der Waals surface area contributed by atoms with Crippen LogP contribution < -0.4 is 14.7 Å². The van der Waals surface area contributed by atoms with Crippen molar-refractivity contribution in [3.8, 4) is 11.3 Å². The number of benzene rings is 1. The molecule has 4 heterocycles. The van der Waals surface area contributed by atoms with Gasteiger partial charge in [-0.25, -0.2) is 14.4 Å². The molecule has 0 unspecified atom stereocenters. The highest BCUT2D eigenvalue weighted by Gasteiger charge is 2.28. The Labute approximate surface area is 204 Å². The second kappa shape index (κ2) is 9.72. The molecule has 0 saturated carbocycles. The van der Waals surface area contributed by atoms with Crippen LogP contribution in [0.25, 0.3) is 11.3 Å². The number of aromatic nitrogens is 3. The van der Waals surface area contributed by atoms with Gasteiger partial charge in [0.25, 0.3) is 0 Å². The summed E-state index contributed by atoms with van der Waals surface area (Å²) < 4.78 is 19.4. The second-order valence-corrected chi connectivity index (χ2v) is 9.18. The molecule has 0 N–H and O–H groups in total. The summed E-state index contributed by atoms with van der Waals surface area (Å²) in [7, 11) is 0. The summed E-state index contributed by atoms with van der Waals surface area (Å²) in [6, 6.07) is 11.0. The number of halogens is 2. The Hall–Kier alpha value is -2.97. The molecule has 0 amide bonds. The van der Waals surface area contributed by atoms with Crippen LogP contribution in [0.1, 0.15) is 12.5 Å². The zero-order valence-electron chi connectivity index (χ0n) is 19.4. The molecular weight excluding hydrogens is 455 g/mol. The average molecular weight is 483 g/mol. The maximum absolute atomic E-state index is 13.9. The molecule has 34 heavy (non-hydrogen) atoms. The summed E-state index contributed by atoms with van der Waals surface area (Å²) in [5.74, 6) is 2.15. The van der Waals surface area contributed by atoms with Crippen LogP contribution in [0.15, 0.2) is 42.6 Å². The van der Waals surface area contributed by atoms with Gasteiger partial charge in [0.2, 0.25) is 5.95 Å². The number of hydrogen-bond donors (Lipinski definition) is 0. The first-order chi connectivity index (χ1) is 16.5. The molecule has 0 aliphatic carbocycles. The van der Waals surface area contributed by atoms with Gasteiger partial charge in [0.05, 0.1) is 23.9 Å². The van der Waals surface area contributed by atoms with Gasteiger partial charge in [0, 0.05) is 56.6 Å². The lowest BCUT2D eigenvalue weighted by Crippen LogP contribution is -2.53. The third-order valence-electron chi connectivity index (χ3n) is 6.41. The number of piperazine rings is 1. The fraction of sp³-hybridized carbons (Fsp3) is 0.400. The second-order valence-electron chi connectivity index (χ2n) is 8.77. The lowest BCUT2D eigenvalue weighted by molar-refractivity contribution is 0.122. The number of hydrogen-bond acceptors (Lipinski definition) is 7. The van der Waals surface area contributed by atoms with Gasteiger partial charge in [-0.15, -0.1) is 0 Å². The molecule has 0 bridgehead atoms. The summed E-state index contributed by atoms with van der Waals surface area (Å²) in [6.07, 6.45) is 1.77. The number of ether oxygens (including phenoxy) is 1. The van der Waals surface area contributed by atoms with Crippen molar-refractivity contribution in [2.24, 2.45) is 0 Å². The van der Waals surface area contributed by atoms with E-state index in [2.05, 4.69) is 26.6 Å². The lowest BCUT2D eigenvalue weighted by Gasteiger charge is -2.41. The largest absolute Gasteiger partial charge is 0.378 e. The van der Waals surface area contributed by atoms with Gasteiger partial charge in [-0.2, -0.15) is 4.98 Å². The molecule has 1 atom stereocenters. The van der Waals surface area contributed by atoms with Crippen molar-refractivity contribution >= 4 is 29.2 Å². The molecule has 3 aromatic rings. The highest BCUT2D eigenvalue weighted by Crippen LogP contribution is 2.30. The molecule has 2 aromatic heterocycles. The molecular formula is C25H28ClFN6O. The quantitative estimate of drug-likeness (QED) is 0.552. The van der Waals surface area contributed by atoms with Crippen LogP contribution in [0.2, 0.25) is 5.02 Å². The third kappa shape index (κ3) is 4.65. The molecule has 7 nitrogen and oxygen atoms in total. The van der Waals surface area contributed by atoms with Crippen molar-refractivity contribution in [2.75, 3.05) is 60.6 Å². The van der Waals surface area contributed by atoms with Gasteiger partial charge in [0.1, 0.15) is 17.5 Å². The summed E-state index contributed by atoms with van der Waals surface area (Å²) in [5.41, 5.74) is 2.26. The van der Waals surface area contributed by atoms with E-state index in [1.807, 2.05) is 24.3 Å². The van der Waals surface area contributed by atoms with Crippen LogP contribution in [-0.2, 0) is 4.74 Å².